The predicted molar refractivity (Wildman–Crippen MR) is 167 cm³/mol. The molecule has 47 heavy (non-hydrogen) atoms. The molecule has 0 saturated heterocycles. The fourth-order valence-corrected chi connectivity index (χ4v) is 6.34. The Morgan fingerprint density at radius 1 is 1.15 bits per heavy atom. The lowest BCUT2D eigenvalue weighted by Crippen LogP contribution is -2.46. The number of alkyl halides is 3. The van der Waals surface area contributed by atoms with Gasteiger partial charge in [0.15, 0.2) is 0 Å². The van der Waals surface area contributed by atoms with E-state index in [4.69, 9.17) is 19.5 Å². The minimum Gasteiger partial charge on any atom is -0.491 e. The van der Waals surface area contributed by atoms with Gasteiger partial charge in [0.2, 0.25) is 5.95 Å². The van der Waals surface area contributed by atoms with E-state index in [1.807, 2.05) is 0 Å². The normalized spacial score (nSPS) is 15.8. The third-order valence-electron chi connectivity index (χ3n) is 7.47. The summed E-state index contributed by atoms with van der Waals surface area (Å²) in [7, 11) is -4.68. The monoisotopic (exact) mass is 739 g/mol. The molecule has 1 aliphatic heterocycles. The molecule has 0 saturated carbocycles. The summed E-state index contributed by atoms with van der Waals surface area (Å²) in [6.45, 7) is 6.47. The molecule has 0 aliphatic carbocycles. The van der Waals surface area contributed by atoms with Crippen LogP contribution in [-0.2, 0) is 28.2 Å². The lowest BCUT2D eigenvalue weighted by Gasteiger charge is -2.34. The Hall–Kier alpha value is -3.82. The van der Waals surface area contributed by atoms with Gasteiger partial charge in [0.05, 0.1) is 29.2 Å². The SMILES string of the molecule is Cc1cc(C)n(-c2nc3c(c(=O)n2-c2ccc(OC[C@H](C)OP(=O)(O)O)cc2)C[C@@H](C)N(C(=O)c2ccc(Br)c(C(F)(F)F)c2)C3)n1. The minimum absolute atomic E-state index is 0.103. The van der Waals surface area contributed by atoms with Crippen molar-refractivity contribution in [2.24, 2.45) is 0 Å². The summed E-state index contributed by atoms with van der Waals surface area (Å²) in [4.78, 5) is 51.9. The van der Waals surface area contributed by atoms with Gasteiger partial charge < -0.3 is 19.4 Å². The maximum atomic E-state index is 14.2. The maximum absolute atomic E-state index is 14.2. The highest BCUT2D eigenvalue weighted by Crippen LogP contribution is 2.38. The van der Waals surface area contributed by atoms with E-state index in [1.54, 1.807) is 51.1 Å². The number of phosphoric ester groups is 1. The van der Waals surface area contributed by atoms with Crippen molar-refractivity contribution in [2.45, 2.75) is 59.0 Å². The first-order valence-electron chi connectivity index (χ1n) is 14.3. The number of nitrogens with zero attached hydrogens (tertiary/aromatic N) is 5. The quantitative estimate of drug-likeness (QED) is 0.230. The van der Waals surface area contributed by atoms with E-state index in [1.165, 1.54) is 33.2 Å². The van der Waals surface area contributed by atoms with Crippen molar-refractivity contribution in [1.82, 2.24) is 24.2 Å². The number of benzene rings is 2. The molecule has 0 fully saturated rings. The van der Waals surface area contributed by atoms with E-state index in [9.17, 15) is 27.3 Å². The number of carbonyl (C=O) groups excluding carboxylic acids is 1. The van der Waals surface area contributed by atoms with Crippen molar-refractivity contribution < 1.29 is 41.6 Å². The topological polar surface area (TPSA) is 149 Å². The molecule has 17 heteroatoms. The summed E-state index contributed by atoms with van der Waals surface area (Å²) >= 11 is 2.90. The maximum Gasteiger partial charge on any atom is 0.469 e. The number of aryl methyl sites for hydroxylation is 2. The van der Waals surface area contributed by atoms with Crippen LogP contribution in [0.25, 0.3) is 11.6 Å². The highest BCUT2D eigenvalue weighted by Gasteiger charge is 2.36. The molecule has 4 aromatic rings. The van der Waals surface area contributed by atoms with E-state index >= 15 is 0 Å². The highest BCUT2D eigenvalue weighted by molar-refractivity contribution is 9.10. The number of phosphoric acid groups is 1. The average molecular weight is 740 g/mol. The molecule has 2 atom stereocenters. The summed E-state index contributed by atoms with van der Waals surface area (Å²) in [5, 5.41) is 4.51. The molecule has 12 nitrogen and oxygen atoms in total. The van der Waals surface area contributed by atoms with Gasteiger partial charge in [0, 0.05) is 27.3 Å². The van der Waals surface area contributed by atoms with Gasteiger partial charge in [-0.05, 0) is 82.6 Å². The molecular weight excluding hydrogens is 710 g/mol. The molecule has 0 unspecified atom stereocenters. The van der Waals surface area contributed by atoms with Crippen LogP contribution >= 0.6 is 23.8 Å². The summed E-state index contributed by atoms with van der Waals surface area (Å²) < 4.78 is 64.6. The summed E-state index contributed by atoms with van der Waals surface area (Å²) in [5.41, 5.74) is 0.882. The second-order valence-corrected chi connectivity index (χ2v) is 13.3. The number of fused-ring (bicyclic) bond motifs is 1. The third-order valence-corrected chi connectivity index (χ3v) is 8.80. The molecular formula is C30H30BrF3N5O7P. The molecule has 1 aliphatic rings. The Balaban J connectivity index is 1.52. The second kappa shape index (κ2) is 13.0. The zero-order chi connectivity index (χ0) is 34.4. The number of ether oxygens (including phenoxy) is 1. The van der Waals surface area contributed by atoms with E-state index in [0.29, 0.717) is 34.1 Å². The van der Waals surface area contributed by atoms with Crippen LogP contribution in [0.5, 0.6) is 5.75 Å². The van der Waals surface area contributed by atoms with Crippen LogP contribution in [0.2, 0.25) is 0 Å². The number of halogens is 4. The number of hydrogen-bond acceptors (Lipinski definition) is 7. The molecule has 3 heterocycles. The zero-order valence-electron chi connectivity index (χ0n) is 25.5. The zero-order valence-corrected chi connectivity index (χ0v) is 28.0. The van der Waals surface area contributed by atoms with Gasteiger partial charge in [-0.15, -0.1) is 0 Å². The van der Waals surface area contributed by atoms with E-state index in [2.05, 4.69) is 25.6 Å². The number of carbonyl (C=O) groups is 1. The average Bonchev–Trinajstić information content (AvgIpc) is 3.32. The molecule has 5 rings (SSSR count). The van der Waals surface area contributed by atoms with Crippen molar-refractivity contribution in [1.29, 1.82) is 0 Å². The van der Waals surface area contributed by atoms with Gasteiger partial charge in [-0.25, -0.2) is 18.8 Å². The fourth-order valence-electron chi connectivity index (χ4n) is 5.34. The lowest BCUT2D eigenvalue weighted by atomic mass is 9.98. The minimum atomic E-state index is -4.68. The standard InChI is InChI=1S/C30H30BrF3N5O7P/c1-16-11-18(3)39(36-16)29-35-26-14-37(27(40)20-5-10-25(31)24(13-20)30(32,33)34)17(2)12-23(26)28(41)38(29)21-6-8-22(9-7-21)45-15-19(4)46-47(42,43)44/h5-11,13,17,19H,12,14-15H2,1-4H3,(H2,42,43,44)/t17-,19+/m1/s1. The first-order valence-corrected chi connectivity index (χ1v) is 16.6. The van der Waals surface area contributed by atoms with Crippen LogP contribution in [0, 0.1) is 13.8 Å². The van der Waals surface area contributed by atoms with E-state index in [-0.39, 0.29) is 35.6 Å². The van der Waals surface area contributed by atoms with Gasteiger partial charge in [0.25, 0.3) is 11.5 Å². The molecule has 0 radical (unpaired) electrons. The first kappa shape index (κ1) is 34.5. The van der Waals surface area contributed by atoms with Crippen molar-refractivity contribution in [3.8, 4) is 17.4 Å². The predicted octanol–water partition coefficient (Wildman–Crippen LogP) is 5.28. The first-order chi connectivity index (χ1) is 21.9. The van der Waals surface area contributed by atoms with Crippen LogP contribution in [0.4, 0.5) is 13.2 Å². The lowest BCUT2D eigenvalue weighted by molar-refractivity contribution is -0.138. The second-order valence-electron chi connectivity index (χ2n) is 11.2. The molecule has 2 aromatic carbocycles. The molecule has 0 spiro atoms. The van der Waals surface area contributed by atoms with Crippen LogP contribution in [0.1, 0.15) is 52.4 Å². The van der Waals surface area contributed by atoms with Crippen LogP contribution < -0.4 is 10.3 Å². The van der Waals surface area contributed by atoms with Crippen molar-refractivity contribution in [2.75, 3.05) is 6.61 Å². The van der Waals surface area contributed by atoms with Crippen molar-refractivity contribution >= 4 is 29.7 Å². The number of aromatic nitrogens is 4. The highest BCUT2D eigenvalue weighted by atomic mass is 79.9. The summed E-state index contributed by atoms with van der Waals surface area (Å²) in [6, 6.07) is 10.9. The summed E-state index contributed by atoms with van der Waals surface area (Å²) in [6.07, 6.45) is -5.46. The molecule has 0 bridgehead atoms. The van der Waals surface area contributed by atoms with Gasteiger partial charge in [0.1, 0.15) is 18.5 Å². The summed E-state index contributed by atoms with van der Waals surface area (Å²) in [5.74, 6) is -0.136. The van der Waals surface area contributed by atoms with Gasteiger partial charge >= 0.3 is 14.0 Å². The largest absolute Gasteiger partial charge is 0.491 e. The molecule has 1 amide bonds. The Kier molecular flexibility index (Phi) is 9.55. The third kappa shape index (κ3) is 7.52. The number of rotatable bonds is 8. The van der Waals surface area contributed by atoms with Gasteiger partial charge in [-0.1, -0.05) is 15.9 Å². The molecule has 250 valence electrons. The Labute approximate surface area is 275 Å². The van der Waals surface area contributed by atoms with Gasteiger partial charge in [-0.2, -0.15) is 18.3 Å². The van der Waals surface area contributed by atoms with E-state index < -0.39 is 43.2 Å². The van der Waals surface area contributed by atoms with Crippen LogP contribution in [-0.4, -0.2) is 58.7 Å². The van der Waals surface area contributed by atoms with Crippen LogP contribution in [0.3, 0.4) is 0 Å². The van der Waals surface area contributed by atoms with Gasteiger partial charge in [-0.3, -0.25) is 14.1 Å². The smallest absolute Gasteiger partial charge is 0.469 e. The van der Waals surface area contributed by atoms with E-state index in [0.717, 1.165) is 6.07 Å². The Bertz CT molecular complexity index is 1940. The number of hydrogen-bond donors (Lipinski definition) is 2. The van der Waals surface area contributed by atoms with Crippen LogP contribution in [0.15, 0.2) is 57.8 Å². The Morgan fingerprint density at radius 3 is 2.43 bits per heavy atom. The van der Waals surface area contributed by atoms with Crippen molar-refractivity contribution in [3.05, 3.63) is 97.1 Å². The number of amides is 1. The Morgan fingerprint density at radius 2 is 1.83 bits per heavy atom. The molecule has 2 aromatic heterocycles. The molecule has 2 N–H and O–H groups in total. The van der Waals surface area contributed by atoms with Crippen molar-refractivity contribution in [3.63, 3.8) is 0 Å². The fraction of sp³-hybridized carbons (Fsp3) is 0.333.